The van der Waals surface area contributed by atoms with Crippen molar-refractivity contribution in [3.05, 3.63) is 52.2 Å². The number of nitrogens with one attached hydrogen (secondary N) is 1. The Kier molecular flexibility index (Phi) is 5.03. The summed E-state index contributed by atoms with van der Waals surface area (Å²) < 4.78 is 39.8. The summed E-state index contributed by atoms with van der Waals surface area (Å²) in [4.78, 5) is 26.8. The van der Waals surface area contributed by atoms with Crippen molar-refractivity contribution in [1.29, 1.82) is 0 Å². The maximum atomic E-state index is 13.3. The third-order valence-corrected chi connectivity index (χ3v) is 5.81. The number of nitrogens with zero attached hydrogens (tertiary/aromatic N) is 1. The van der Waals surface area contributed by atoms with Crippen molar-refractivity contribution in [2.24, 2.45) is 5.92 Å². The lowest BCUT2D eigenvalue weighted by Crippen LogP contribution is -2.49. The number of amides is 2. The molecule has 1 aromatic heterocycles. The Morgan fingerprint density at radius 3 is 2.56 bits per heavy atom. The molecule has 0 bridgehead atoms. The van der Waals surface area contributed by atoms with E-state index in [1.807, 2.05) is 0 Å². The van der Waals surface area contributed by atoms with Crippen LogP contribution in [0.5, 0.6) is 0 Å². The zero-order chi connectivity index (χ0) is 19.8. The van der Waals surface area contributed by atoms with Gasteiger partial charge in [-0.25, -0.2) is 0 Å². The Hall–Kier alpha value is -2.35. The topological polar surface area (TPSA) is 49.4 Å². The van der Waals surface area contributed by atoms with E-state index in [0.717, 1.165) is 0 Å². The summed E-state index contributed by atoms with van der Waals surface area (Å²) in [6, 6.07) is 9.70. The number of alkyl halides is 3. The fourth-order valence-corrected chi connectivity index (χ4v) is 4.12. The molecule has 27 heavy (non-hydrogen) atoms. The Morgan fingerprint density at radius 1 is 1.22 bits per heavy atom. The minimum atomic E-state index is -4.35. The van der Waals surface area contributed by atoms with Gasteiger partial charge in [0.25, 0.3) is 11.8 Å². The molecule has 1 fully saturated rings. The summed E-state index contributed by atoms with van der Waals surface area (Å²) in [5, 5.41) is 4.48. The maximum absolute atomic E-state index is 13.3. The van der Waals surface area contributed by atoms with Crippen LogP contribution in [0, 0.1) is 5.92 Å². The predicted molar refractivity (Wildman–Crippen MR) is 98.0 cm³/mol. The number of likely N-dealkylation sites (tertiary alicyclic amines) is 1. The lowest BCUT2D eigenvalue weighted by molar-refractivity contribution is -0.189. The second-order valence-corrected chi connectivity index (χ2v) is 7.95. The number of hydrogen-bond acceptors (Lipinski definition) is 3. The molecule has 1 N–H and O–H groups in total. The summed E-state index contributed by atoms with van der Waals surface area (Å²) in [5.41, 5.74) is -0.663. The van der Waals surface area contributed by atoms with Gasteiger partial charge < -0.3 is 10.2 Å². The van der Waals surface area contributed by atoms with Crippen molar-refractivity contribution in [2.75, 3.05) is 11.9 Å². The van der Waals surface area contributed by atoms with Crippen molar-refractivity contribution >= 4 is 28.8 Å². The van der Waals surface area contributed by atoms with Gasteiger partial charge in [-0.15, -0.1) is 11.3 Å². The average molecular weight is 396 g/mol. The highest BCUT2D eigenvalue weighted by molar-refractivity contribution is 7.12. The van der Waals surface area contributed by atoms with Crippen molar-refractivity contribution in [3.63, 3.8) is 0 Å². The fourth-order valence-electron chi connectivity index (χ4n) is 3.50. The second kappa shape index (κ2) is 6.99. The van der Waals surface area contributed by atoms with Crippen LogP contribution >= 0.6 is 11.3 Å². The molecule has 2 aromatic rings. The SMILES string of the molecule is CC1(C)[C@H](C(F)(F)F)CCN1C(=O)c1cccc(NC(=O)c2cccs2)c1. The number of thiophene rings is 1. The summed E-state index contributed by atoms with van der Waals surface area (Å²) in [6.45, 7) is 2.93. The second-order valence-electron chi connectivity index (χ2n) is 7.01. The van der Waals surface area contributed by atoms with Gasteiger partial charge >= 0.3 is 6.18 Å². The fraction of sp³-hybridized carbons (Fsp3) is 0.368. The molecule has 1 atom stereocenters. The van der Waals surface area contributed by atoms with Crippen molar-refractivity contribution < 1.29 is 22.8 Å². The van der Waals surface area contributed by atoms with Crippen LogP contribution in [0.2, 0.25) is 0 Å². The standard InChI is InChI=1S/C19H19F3N2O2S/c1-18(2)15(19(20,21)22)8-9-24(18)17(26)12-5-3-6-13(11-12)23-16(25)14-7-4-10-27-14/h3-7,10-11,15H,8-9H2,1-2H3,(H,23,25)/t15-/m1/s1. The van der Waals surface area contributed by atoms with Gasteiger partial charge in [-0.1, -0.05) is 12.1 Å². The number of carbonyl (C=O) groups is 2. The number of anilines is 1. The van der Waals surface area contributed by atoms with E-state index in [4.69, 9.17) is 0 Å². The quantitative estimate of drug-likeness (QED) is 0.810. The molecule has 1 aliphatic rings. The first-order valence-electron chi connectivity index (χ1n) is 8.44. The summed E-state index contributed by atoms with van der Waals surface area (Å²) in [7, 11) is 0. The molecular weight excluding hydrogens is 377 g/mol. The van der Waals surface area contributed by atoms with E-state index in [-0.39, 0.29) is 24.4 Å². The Bertz CT molecular complexity index is 847. The molecule has 1 aromatic carbocycles. The highest BCUT2D eigenvalue weighted by Gasteiger charge is 2.56. The third-order valence-electron chi connectivity index (χ3n) is 4.94. The van der Waals surface area contributed by atoms with Gasteiger partial charge in [0.05, 0.1) is 10.8 Å². The minimum absolute atomic E-state index is 0.0434. The highest BCUT2D eigenvalue weighted by atomic mass is 32.1. The van der Waals surface area contributed by atoms with Crippen molar-refractivity contribution in [3.8, 4) is 0 Å². The Balaban J connectivity index is 1.79. The first-order chi connectivity index (χ1) is 12.6. The van der Waals surface area contributed by atoms with E-state index in [1.54, 1.807) is 35.7 Å². The molecule has 144 valence electrons. The molecule has 0 saturated carbocycles. The van der Waals surface area contributed by atoms with Gasteiger partial charge in [0.15, 0.2) is 0 Å². The molecule has 0 unspecified atom stereocenters. The Labute approximate surface area is 159 Å². The molecule has 1 saturated heterocycles. The monoisotopic (exact) mass is 396 g/mol. The van der Waals surface area contributed by atoms with E-state index in [0.29, 0.717) is 10.6 Å². The molecule has 3 rings (SSSR count). The lowest BCUT2D eigenvalue weighted by atomic mass is 9.87. The number of rotatable bonds is 3. The summed E-state index contributed by atoms with van der Waals surface area (Å²) >= 11 is 1.29. The molecule has 0 aliphatic carbocycles. The van der Waals surface area contributed by atoms with Crippen LogP contribution in [0.25, 0.3) is 0 Å². The van der Waals surface area contributed by atoms with Gasteiger partial charge in [-0.2, -0.15) is 13.2 Å². The molecular formula is C19H19F3N2O2S. The summed E-state index contributed by atoms with van der Waals surface area (Å²) in [5.74, 6) is -2.33. The Morgan fingerprint density at radius 2 is 1.96 bits per heavy atom. The van der Waals surface area contributed by atoms with Crippen LogP contribution in [0.1, 0.15) is 40.3 Å². The van der Waals surface area contributed by atoms with E-state index in [9.17, 15) is 22.8 Å². The first kappa shape index (κ1) is 19.4. The lowest BCUT2D eigenvalue weighted by Gasteiger charge is -2.36. The molecule has 0 radical (unpaired) electrons. The van der Waals surface area contributed by atoms with E-state index < -0.39 is 23.5 Å². The molecule has 1 aliphatic heterocycles. The number of hydrogen-bond donors (Lipinski definition) is 1. The normalized spacial score (nSPS) is 19.1. The van der Waals surface area contributed by atoms with Crippen LogP contribution in [-0.2, 0) is 0 Å². The zero-order valence-corrected chi connectivity index (χ0v) is 15.7. The van der Waals surface area contributed by atoms with Gasteiger partial charge in [-0.3, -0.25) is 9.59 Å². The average Bonchev–Trinajstić information content (AvgIpc) is 3.21. The predicted octanol–water partition coefficient (Wildman–Crippen LogP) is 4.80. The van der Waals surface area contributed by atoms with E-state index >= 15 is 0 Å². The van der Waals surface area contributed by atoms with Crippen LogP contribution in [0.3, 0.4) is 0 Å². The van der Waals surface area contributed by atoms with Crippen LogP contribution < -0.4 is 5.32 Å². The molecule has 4 nitrogen and oxygen atoms in total. The first-order valence-corrected chi connectivity index (χ1v) is 9.32. The van der Waals surface area contributed by atoms with Crippen LogP contribution in [0.15, 0.2) is 41.8 Å². The van der Waals surface area contributed by atoms with Crippen LogP contribution in [-0.4, -0.2) is 35.0 Å². The summed E-state index contributed by atoms with van der Waals surface area (Å²) in [6.07, 6.45) is -4.47. The highest BCUT2D eigenvalue weighted by Crippen LogP contribution is 2.45. The minimum Gasteiger partial charge on any atom is -0.333 e. The molecule has 8 heteroatoms. The third kappa shape index (κ3) is 3.85. The van der Waals surface area contributed by atoms with Crippen molar-refractivity contribution in [2.45, 2.75) is 32.0 Å². The molecule has 0 spiro atoms. The van der Waals surface area contributed by atoms with Gasteiger partial charge in [0.2, 0.25) is 0 Å². The largest absolute Gasteiger partial charge is 0.394 e. The molecule has 2 heterocycles. The van der Waals surface area contributed by atoms with E-state index in [1.165, 1.54) is 36.2 Å². The van der Waals surface area contributed by atoms with E-state index in [2.05, 4.69) is 5.32 Å². The number of benzene rings is 1. The van der Waals surface area contributed by atoms with Gasteiger partial charge in [0.1, 0.15) is 0 Å². The van der Waals surface area contributed by atoms with Gasteiger partial charge in [0, 0.05) is 23.3 Å². The van der Waals surface area contributed by atoms with Gasteiger partial charge in [-0.05, 0) is 49.9 Å². The molecule has 2 amide bonds. The maximum Gasteiger partial charge on any atom is 0.394 e. The number of halogens is 3. The van der Waals surface area contributed by atoms with Crippen molar-refractivity contribution in [1.82, 2.24) is 4.90 Å². The smallest absolute Gasteiger partial charge is 0.333 e. The number of carbonyl (C=O) groups excluding carboxylic acids is 2. The zero-order valence-electron chi connectivity index (χ0n) is 14.8. The van der Waals surface area contributed by atoms with Crippen LogP contribution in [0.4, 0.5) is 18.9 Å².